The van der Waals surface area contributed by atoms with Crippen molar-refractivity contribution in [1.29, 1.82) is 0 Å². The summed E-state index contributed by atoms with van der Waals surface area (Å²) in [4.78, 5) is 7.78. The number of aromatic nitrogens is 2. The van der Waals surface area contributed by atoms with Crippen LogP contribution in [0.5, 0.6) is 0 Å². The molecule has 0 radical (unpaired) electrons. The van der Waals surface area contributed by atoms with Crippen LogP contribution in [0, 0.1) is 6.92 Å². The van der Waals surface area contributed by atoms with Gasteiger partial charge in [0.1, 0.15) is 5.15 Å². The van der Waals surface area contributed by atoms with Gasteiger partial charge in [-0.15, -0.1) is 0 Å². The van der Waals surface area contributed by atoms with Crippen LogP contribution in [0.2, 0.25) is 5.15 Å². The summed E-state index contributed by atoms with van der Waals surface area (Å²) in [7, 11) is 0. The summed E-state index contributed by atoms with van der Waals surface area (Å²) >= 11 is 25.7. The molecule has 72 valence electrons. The fourth-order valence-electron chi connectivity index (χ4n) is 0.651. The molecule has 2 nitrogen and oxygen atoms in total. The van der Waals surface area contributed by atoms with E-state index in [4.69, 9.17) is 46.4 Å². The molecule has 0 atom stereocenters. The Balaban J connectivity index is 3.29. The Morgan fingerprint density at radius 1 is 1.23 bits per heavy atom. The minimum absolute atomic E-state index is 0.0724. The minimum atomic E-state index is -1.64. The van der Waals surface area contributed by atoms with Crippen LogP contribution in [-0.4, -0.2) is 9.97 Å². The zero-order valence-corrected chi connectivity index (χ0v) is 10.9. The molecule has 13 heavy (non-hydrogen) atoms. The zero-order chi connectivity index (χ0) is 10.2. The first-order valence-electron chi connectivity index (χ1n) is 3.09. The number of hydrogen-bond donors (Lipinski definition) is 0. The smallest absolute Gasteiger partial charge is 0.233 e. The summed E-state index contributed by atoms with van der Waals surface area (Å²) in [6, 6.07) is 0. The van der Waals surface area contributed by atoms with E-state index < -0.39 is 3.79 Å². The first kappa shape index (κ1) is 11.8. The monoisotopic (exact) mass is 322 g/mol. The van der Waals surface area contributed by atoms with Crippen molar-refractivity contribution in [2.75, 3.05) is 0 Å². The molecule has 0 bridgehead atoms. The molecule has 0 aliphatic carbocycles. The van der Waals surface area contributed by atoms with Gasteiger partial charge in [-0.05, 0) is 22.9 Å². The Morgan fingerprint density at radius 3 is 2.15 bits per heavy atom. The van der Waals surface area contributed by atoms with Crippen LogP contribution in [-0.2, 0) is 3.79 Å². The molecule has 0 aliphatic heterocycles. The normalized spacial score (nSPS) is 11.8. The lowest BCUT2D eigenvalue weighted by Gasteiger charge is -2.10. The molecule has 0 saturated carbocycles. The van der Waals surface area contributed by atoms with Gasteiger partial charge < -0.3 is 0 Å². The summed E-state index contributed by atoms with van der Waals surface area (Å²) < 4.78 is -1.04. The third kappa shape index (κ3) is 2.83. The molecule has 0 amide bonds. The van der Waals surface area contributed by atoms with Gasteiger partial charge in [0.05, 0.1) is 10.2 Å². The number of hydrogen-bond acceptors (Lipinski definition) is 2. The molecule has 0 spiro atoms. The Labute approximate surface area is 104 Å². The van der Waals surface area contributed by atoms with E-state index >= 15 is 0 Å². The molecule has 0 aliphatic rings. The highest BCUT2D eigenvalue weighted by Gasteiger charge is 2.28. The molecule has 1 heterocycles. The lowest BCUT2D eigenvalue weighted by atomic mass is 10.4. The molecule has 0 unspecified atom stereocenters. The molecule has 0 fully saturated rings. The van der Waals surface area contributed by atoms with Gasteiger partial charge in [0, 0.05) is 0 Å². The van der Waals surface area contributed by atoms with E-state index in [9.17, 15) is 0 Å². The van der Waals surface area contributed by atoms with Gasteiger partial charge in [0.15, 0.2) is 5.82 Å². The third-order valence-corrected chi connectivity index (χ3v) is 3.19. The van der Waals surface area contributed by atoms with E-state index in [1.165, 1.54) is 0 Å². The number of rotatable bonds is 0. The second-order valence-electron chi connectivity index (χ2n) is 2.24. The summed E-state index contributed by atoms with van der Waals surface area (Å²) in [6.45, 7) is 1.73. The number of nitrogens with zero attached hydrogens (tertiary/aromatic N) is 2. The Morgan fingerprint density at radius 2 is 1.77 bits per heavy atom. The SMILES string of the molecule is Cc1nc(C(Cl)(Cl)Cl)nc(Cl)c1Br. The Kier molecular flexibility index (Phi) is 3.69. The van der Waals surface area contributed by atoms with Gasteiger partial charge in [-0.1, -0.05) is 46.4 Å². The van der Waals surface area contributed by atoms with E-state index in [1.807, 2.05) is 0 Å². The van der Waals surface area contributed by atoms with Crippen molar-refractivity contribution >= 4 is 62.3 Å². The average Bonchev–Trinajstić information content (AvgIpc) is 1.97. The minimum Gasteiger partial charge on any atom is -0.233 e. The maximum Gasteiger partial charge on any atom is 0.250 e. The van der Waals surface area contributed by atoms with Crippen molar-refractivity contribution in [2.45, 2.75) is 10.7 Å². The van der Waals surface area contributed by atoms with Crippen molar-refractivity contribution in [3.63, 3.8) is 0 Å². The maximum absolute atomic E-state index is 5.75. The predicted octanol–water partition coefficient (Wildman–Crippen LogP) is 4.03. The van der Waals surface area contributed by atoms with E-state index in [0.717, 1.165) is 0 Å². The van der Waals surface area contributed by atoms with Crippen LogP contribution in [0.4, 0.5) is 0 Å². The standard InChI is InChI=1S/C6H3BrCl4N2/c1-2-3(7)4(8)13-5(12-2)6(9,10)11/h1H3. The van der Waals surface area contributed by atoms with E-state index in [2.05, 4.69) is 25.9 Å². The van der Waals surface area contributed by atoms with Gasteiger partial charge in [-0.3, -0.25) is 0 Å². The number of aryl methyl sites for hydroxylation is 1. The highest BCUT2D eigenvalue weighted by Crippen LogP contribution is 2.37. The topological polar surface area (TPSA) is 25.8 Å². The second-order valence-corrected chi connectivity index (χ2v) is 5.67. The Hall–Kier alpha value is 0.720. The molecule has 7 heteroatoms. The average molecular weight is 325 g/mol. The molecule has 1 aromatic rings. The van der Waals surface area contributed by atoms with E-state index in [-0.39, 0.29) is 11.0 Å². The third-order valence-electron chi connectivity index (χ3n) is 1.23. The van der Waals surface area contributed by atoms with Crippen LogP contribution in [0.25, 0.3) is 0 Å². The molecule has 0 N–H and O–H groups in total. The summed E-state index contributed by atoms with van der Waals surface area (Å²) in [5.41, 5.74) is 0.626. The molecule has 0 aromatic carbocycles. The van der Waals surface area contributed by atoms with Gasteiger partial charge in [0.25, 0.3) is 0 Å². The van der Waals surface area contributed by atoms with Crippen LogP contribution in [0.15, 0.2) is 4.47 Å². The van der Waals surface area contributed by atoms with E-state index in [0.29, 0.717) is 10.2 Å². The summed E-state index contributed by atoms with van der Waals surface area (Å²) in [6.07, 6.45) is 0. The van der Waals surface area contributed by atoms with Crippen molar-refractivity contribution in [2.24, 2.45) is 0 Å². The molecular formula is C6H3BrCl4N2. The first-order valence-corrected chi connectivity index (χ1v) is 5.39. The maximum atomic E-state index is 5.75. The van der Waals surface area contributed by atoms with Crippen LogP contribution < -0.4 is 0 Å². The molecule has 1 aromatic heterocycles. The highest BCUT2D eigenvalue weighted by atomic mass is 79.9. The first-order chi connectivity index (χ1) is 5.82. The van der Waals surface area contributed by atoms with Crippen LogP contribution in [0.1, 0.15) is 11.5 Å². The molecule has 1 rings (SSSR count). The Bertz CT molecular complexity index is 313. The zero-order valence-electron chi connectivity index (χ0n) is 6.28. The van der Waals surface area contributed by atoms with Gasteiger partial charge in [0.2, 0.25) is 3.79 Å². The second kappa shape index (κ2) is 4.07. The molecule has 0 saturated heterocycles. The van der Waals surface area contributed by atoms with Crippen molar-refractivity contribution in [1.82, 2.24) is 9.97 Å². The lowest BCUT2D eigenvalue weighted by Crippen LogP contribution is -2.08. The predicted molar refractivity (Wildman–Crippen MR) is 58.7 cm³/mol. The largest absolute Gasteiger partial charge is 0.250 e. The van der Waals surface area contributed by atoms with Gasteiger partial charge >= 0.3 is 0 Å². The fraction of sp³-hybridized carbons (Fsp3) is 0.333. The quantitative estimate of drug-likeness (QED) is 0.532. The number of halogens is 5. The summed E-state index contributed by atoms with van der Waals surface area (Å²) in [5.74, 6) is 0.0724. The van der Waals surface area contributed by atoms with E-state index in [1.54, 1.807) is 6.92 Å². The van der Waals surface area contributed by atoms with Gasteiger partial charge in [-0.2, -0.15) is 0 Å². The fourth-order valence-corrected chi connectivity index (χ4v) is 1.30. The van der Waals surface area contributed by atoms with Crippen molar-refractivity contribution < 1.29 is 0 Å². The lowest BCUT2D eigenvalue weighted by molar-refractivity contribution is 0.934. The van der Waals surface area contributed by atoms with Crippen LogP contribution in [0.3, 0.4) is 0 Å². The number of alkyl halides is 3. The van der Waals surface area contributed by atoms with Crippen molar-refractivity contribution in [3.8, 4) is 0 Å². The van der Waals surface area contributed by atoms with Crippen LogP contribution >= 0.6 is 62.3 Å². The highest BCUT2D eigenvalue weighted by molar-refractivity contribution is 9.10. The van der Waals surface area contributed by atoms with Gasteiger partial charge in [-0.25, -0.2) is 9.97 Å². The molecular weight excluding hydrogens is 322 g/mol. The van der Waals surface area contributed by atoms with Crippen molar-refractivity contribution in [3.05, 3.63) is 21.1 Å². The summed E-state index contributed by atoms with van der Waals surface area (Å²) in [5, 5.41) is 0.230.